The van der Waals surface area contributed by atoms with Gasteiger partial charge in [0.15, 0.2) is 0 Å². The summed E-state index contributed by atoms with van der Waals surface area (Å²) in [5.74, 6) is 0.698. The lowest BCUT2D eigenvalue weighted by atomic mass is 9.95. The molecule has 1 aliphatic heterocycles. The molecule has 1 saturated heterocycles. The summed E-state index contributed by atoms with van der Waals surface area (Å²) in [5.41, 5.74) is 5.96. The molecule has 4 heteroatoms. The predicted molar refractivity (Wildman–Crippen MR) is 66.1 cm³/mol. The Labute approximate surface area is 98.8 Å². The number of carbonyl (C=O) groups is 1. The summed E-state index contributed by atoms with van der Waals surface area (Å²) in [5, 5.41) is 0. The fraction of sp³-hybridized carbons (Fsp3) is 0.917. The van der Waals surface area contributed by atoms with Gasteiger partial charge in [0.2, 0.25) is 5.91 Å². The molecule has 0 aromatic carbocycles. The molecule has 0 saturated carbocycles. The summed E-state index contributed by atoms with van der Waals surface area (Å²) < 4.78 is 0. The standard InChI is InChI=1S/C12H25N3O/c1-9(2)14(4)12(16)8-15-6-5-11(13)10(3)7-15/h9-11H,5-8,13H2,1-4H3. The highest BCUT2D eigenvalue weighted by Gasteiger charge is 2.25. The average Bonchev–Trinajstić information content (AvgIpc) is 2.22. The Morgan fingerprint density at radius 2 is 2.19 bits per heavy atom. The summed E-state index contributed by atoms with van der Waals surface area (Å²) in [6, 6.07) is 0.575. The summed E-state index contributed by atoms with van der Waals surface area (Å²) in [4.78, 5) is 15.9. The van der Waals surface area contributed by atoms with Gasteiger partial charge in [-0.3, -0.25) is 9.69 Å². The van der Waals surface area contributed by atoms with E-state index in [9.17, 15) is 4.79 Å². The number of likely N-dealkylation sites (N-methyl/N-ethyl adjacent to an activating group) is 1. The summed E-state index contributed by atoms with van der Waals surface area (Å²) in [6.07, 6.45) is 1.000. The van der Waals surface area contributed by atoms with E-state index in [0.717, 1.165) is 19.5 Å². The first-order valence-corrected chi connectivity index (χ1v) is 6.15. The van der Waals surface area contributed by atoms with Crippen molar-refractivity contribution in [1.29, 1.82) is 0 Å². The van der Waals surface area contributed by atoms with Gasteiger partial charge in [-0.15, -0.1) is 0 Å². The SMILES string of the molecule is CC1CN(CC(=O)N(C)C(C)C)CCC1N. The first kappa shape index (κ1) is 13.5. The Morgan fingerprint density at radius 3 is 2.69 bits per heavy atom. The van der Waals surface area contributed by atoms with E-state index in [1.165, 1.54) is 0 Å². The Bertz CT molecular complexity index is 242. The molecule has 1 heterocycles. The minimum Gasteiger partial charge on any atom is -0.342 e. The highest BCUT2D eigenvalue weighted by molar-refractivity contribution is 5.78. The molecule has 16 heavy (non-hydrogen) atoms. The van der Waals surface area contributed by atoms with Crippen LogP contribution in [0, 0.1) is 5.92 Å². The lowest BCUT2D eigenvalue weighted by Gasteiger charge is -2.35. The zero-order valence-electron chi connectivity index (χ0n) is 10.9. The van der Waals surface area contributed by atoms with E-state index < -0.39 is 0 Å². The van der Waals surface area contributed by atoms with E-state index in [1.807, 2.05) is 20.9 Å². The van der Waals surface area contributed by atoms with Crippen molar-refractivity contribution >= 4 is 5.91 Å². The maximum absolute atomic E-state index is 11.9. The van der Waals surface area contributed by atoms with E-state index in [2.05, 4.69) is 11.8 Å². The second-order valence-corrected chi connectivity index (χ2v) is 5.26. The molecule has 0 bridgehead atoms. The molecule has 2 N–H and O–H groups in total. The summed E-state index contributed by atoms with van der Waals surface area (Å²) in [6.45, 7) is 8.65. The van der Waals surface area contributed by atoms with Crippen LogP contribution in [0.2, 0.25) is 0 Å². The number of piperidine rings is 1. The van der Waals surface area contributed by atoms with Gasteiger partial charge < -0.3 is 10.6 Å². The Balaban J connectivity index is 2.40. The van der Waals surface area contributed by atoms with Gasteiger partial charge in [-0.25, -0.2) is 0 Å². The van der Waals surface area contributed by atoms with Crippen molar-refractivity contribution in [3.05, 3.63) is 0 Å². The zero-order chi connectivity index (χ0) is 12.3. The first-order chi connectivity index (χ1) is 7.41. The van der Waals surface area contributed by atoms with Gasteiger partial charge in [-0.2, -0.15) is 0 Å². The quantitative estimate of drug-likeness (QED) is 0.765. The third kappa shape index (κ3) is 3.46. The van der Waals surface area contributed by atoms with Crippen molar-refractivity contribution in [2.45, 2.75) is 39.3 Å². The van der Waals surface area contributed by atoms with Crippen LogP contribution < -0.4 is 5.73 Å². The number of hydrogen-bond donors (Lipinski definition) is 1. The number of rotatable bonds is 3. The van der Waals surface area contributed by atoms with Gasteiger partial charge in [0.1, 0.15) is 0 Å². The van der Waals surface area contributed by atoms with Gasteiger partial charge in [-0.1, -0.05) is 6.92 Å². The van der Waals surface area contributed by atoms with Crippen molar-refractivity contribution in [2.24, 2.45) is 11.7 Å². The van der Waals surface area contributed by atoms with Crippen LogP contribution in [0.15, 0.2) is 0 Å². The average molecular weight is 227 g/mol. The maximum Gasteiger partial charge on any atom is 0.236 e. The topological polar surface area (TPSA) is 49.6 Å². The minimum absolute atomic E-state index is 0.206. The highest BCUT2D eigenvalue weighted by atomic mass is 16.2. The van der Waals surface area contributed by atoms with E-state index >= 15 is 0 Å². The van der Waals surface area contributed by atoms with Crippen LogP contribution in [0.3, 0.4) is 0 Å². The van der Waals surface area contributed by atoms with E-state index in [1.54, 1.807) is 4.90 Å². The van der Waals surface area contributed by atoms with Crippen molar-refractivity contribution in [1.82, 2.24) is 9.80 Å². The number of nitrogens with two attached hydrogens (primary N) is 1. The number of nitrogens with zero attached hydrogens (tertiary/aromatic N) is 2. The van der Waals surface area contributed by atoms with Crippen LogP contribution in [0.1, 0.15) is 27.2 Å². The van der Waals surface area contributed by atoms with Crippen molar-refractivity contribution in [3.8, 4) is 0 Å². The molecule has 1 fully saturated rings. The third-order valence-electron chi connectivity index (χ3n) is 3.58. The predicted octanol–water partition coefficient (Wildman–Crippen LogP) is 0.522. The molecule has 1 aliphatic rings. The molecule has 0 radical (unpaired) electrons. The lowest BCUT2D eigenvalue weighted by Crippen LogP contribution is -2.49. The molecule has 0 spiro atoms. The van der Waals surface area contributed by atoms with Gasteiger partial charge in [0.05, 0.1) is 6.54 Å². The van der Waals surface area contributed by atoms with Gasteiger partial charge in [-0.05, 0) is 26.2 Å². The smallest absolute Gasteiger partial charge is 0.236 e. The van der Waals surface area contributed by atoms with E-state index in [-0.39, 0.29) is 11.9 Å². The monoisotopic (exact) mass is 227 g/mol. The largest absolute Gasteiger partial charge is 0.342 e. The molecule has 0 aromatic heterocycles. The normalized spacial score (nSPS) is 27.1. The zero-order valence-corrected chi connectivity index (χ0v) is 10.9. The maximum atomic E-state index is 11.9. The molecular weight excluding hydrogens is 202 g/mol. The Hall–Kier alpha value is -0.610. The third-order valence-corrected chi connectivity index (χ3v) is 3.58. The number of hydrogen-bond acceptors (Lipinski definition) is 3. The van der Waals surface area contributed by atoms with Crippen LogP contribution >= 0.6 is 0 Å². The molecule has 1 amide bonds. The van der Waals surface area contributed by atoms with E-state index in [0.29, 0.717) is 18.5 Å². The van der Waals surface area contributed by atoms with Crippen LogP contribution in [0.5, 0.6) is 0 Å². The van der Waals surface area contributed by atoms with Gasteiger partial charge >= 0.3 is 0 Å². The van der Waals surface area contributed by atoms with Crippen LogP contribution in [0.4, 0.5) is 0 Å². The molecule has 1 rings (SSSR count). The molecular formula is C12H25N3O. The van der Waals surface area contributed by atoms with Crippen LogP contribution in [-0.2, 0) is 4.79 Å². The fourth-order valence-corrected chi connectivity index (χ4v) is 1.98. The molecule has 2 unspecified atom stereocenters. The van der Waals surface area contributed by atoms with Crippen molar-refractivity contribution < 1.29 is 4.79 Å². The number of likely N-dealkylation sites (tertiary alicyclic amines) is 1. The van der Waals surface area contributed by atoms with Gasteiger partial charge in [0.25, 0.3) is 0 Å². The Kier molecular flexibility index (Phi) is 4.74. The lowest BCUT2D eigenvalue weighted by molar-refractivity contribution is -0.133. The summed E-state index contributed by atoms with van der Waals surface area (Å²) >= 11 is 0. The van der Waals surface area contributed by atoms with Gasteiger partial charge in [0, 0.05) is 32.2 Å². The molecule has 4 nitrogen and oxygen atoms in total. The second-order valence-electron chi connectivity index (χ2n) is 5.26. The summed E-state index contributed by atoms with van der Waals surface area (Å²) in [7, 11) is 1.87. The molecule has 0 aliphatic carbocycles. The molecule has 94 valence electrons. The number of amides is 1. The van der Waals surface area contributed by atoms with Crippen molar-refractivity contribution in [2.75, 3.05) is 26.7 Å². The van der Waals surface area contributed by atoms with E-state index in [4.69, 9.17) is 5.73 Å². The molecule has 2 atom stereocenters. The minimum atomic E-state index is 0.206. The number of carbonyl (C=O) groups excluding carboxylic acids is 1. The Morgan fingerprint density at radius 1 is 1.56 bits per heavy atom. The van der Waals surface area contributed by atoms with Crippen molar-refractivity contribution in [3.63, 3.8) is 0 Å². The fourth-order valence-electron chi connectivity index (χ4n) is 1.98. The highest BCUT2D eigenvalue weighted by Crippen LogP contribution is 2.14. The molecule has 0 aromatic rings. The first-order valence-electron chi connectivity index (χ1n) is 6.15. The van der Waals surface area contributed by atoms with Crippen LogP contribution in [-0.4, -0.2) is 54.5 Å². The van der Waals surface area contributed by atoms with Crippen LogP contribution in [0.25, 0.3) is 0 Å². The second kappa shape index (κ2) is 5.64.